The molecule has 0 bridgehead atoms. The lowest BCUT2D eigenvalue weighted by Crippen LogP contribution is -2.39. The van der Waals surface area contributed by atoms with Gasteiger partial charge in [-0.1, -0.05) is 33.3 Å². The predicted octanol–water partition coefficient (Wildman–Crippen LogP) is 4.43. The molecule has 3 aromatic rings. The molecular formula is C22H27FN6O2S2. The van der Waals surface area contributed by atoms with Gasteiger partial charge in [0.2, 0.25) is 5.95 Å². The van der Waals surface area contributed by atoms with E-state index in [1.54, 1.807) is 18.2 Å². The fourth-order valence-corrected chi connectivity index (χ4v) is 6.01. The summed E-state index contributed by atoms with van der Waals surface area (Å²) < 4.78 is 45.1. The van der Waals surface area contributed by atoms with Crippen LogP contribution in [0.3, 0.4) is 0 Å². The molecular weight excluding hydrogens is 463 g/mol. The minimum absolute atomic E-state index is 0.104. The molecule has 0 spiro atoms. The van der Waals surface area contributed by atoms with Crippen molar-refractivity contribution in [1.82, 2.24) is 19.3 Å². The molecule has 1 fully saturated rings. The Kier molecular flexibility index (Phi) is 6.39. The highest BCUT2D eigenvalue weighted by Gasteiger charge is 2.28. The van der Waals surface area contributed by atoms with Gasteiger partial charge in [0.05, 0.1) is 27.0 Å². The van der Waals surface area contributed by atoms with Crippen LogP contribution in [-0.4, -0.2) is 40.8 Å². The molecule has 4 rings (SSSR count). The highest BCUT2D eigenvalue weighted by Crippen LogP contribution is 2.41. The Morgan fingerprint density at radius 2 is 1.85 bits per heavy atom. The molecule has 3 heterocycles. The van der Waals surface area contributed by atoms with Crippen molar-refractivity contribution in [3.05, 3.63) is 41.3 Å². The molecule has 8 nitrogen and oxygen atoms in total. The maximum Gasteiger partial charge on any atom is 0.301 e. The minimum Gasteiger partial charge on any atom is -0.368 e. The summed E-state index contributed by atoms with van der Waals surface area (Å²) in [6.07, 6.45) is 4.12. The predicted molar refractivity (Wildman–Crippen MR) is 130 cm³/mol. The average molecular weight is 491 g/mol. The lowest BCUT2D eigenvalue weighted by Gasteiger charge is -2.26. The number of aromatic nitrogens is 3. The van der Waals surface area contributed by atoms with Gasteiger partial charge in [-0.2, -0.15) is 12.7 Å². The Hall–Kier alpha value is -2.63. The summed E-state index contributed by atoms with van der Waals surface area (Å²) in [5, 5.41) is 0.795. The second kappa shape index (κ2) is 8.96. The van der Waals surface area contributed by atoms with Crippen molar-refractivity contribution in [3.63, 3.8) is 0 Å². The van der Waals surface area contributed by atoms with Gasteiger partial charge in [0, 0.05) is 30.3 Å². The van der Waals surface area contributed by atoms with Gasteiger partial charge < -0.3 is 5.73 Å². The Bertz CT molecular complexity index is 1260. The first-order chi connectivity index (χ1) is 15.6. The van der Waals surface area contributed by atoms with Crippen LogP contribution >= 0.6 is 11.3 Å². The van der Waals surface area contributed by atoms with Gasteiger partial charge >= 0.3 is 10.2 Å². The second-order valence-corrected chi connectivity index (χ2v) is 11.7. The number of nitrogens with zero attached hydrogens (tertiary/aromatic N) is 4. The standard InChI is InChI=1S/C22H27FN6O2S2/c1-22(2,3)20-27-18(19(32-20)16-10-11-25-21(24)26-16)14-8-7-9-15(17(14)23)28-33(30,31)29-12-5-4-6-13-29/h7-11,28H,4-6,12-13H2,1-3H3,(H2,24,25,26). The van der Waals surface area contributed by atoms with E-state index in [4.69, 9.17) is 10.7 Å². The number of rotatable bonds is 5. The van der Waals surface area contributed by atoms with Crippen LogP contribution in [0, 0.1) is 5.82 Å². The molecule has 0 radical (unpaired) electrons. The normalized spacial score (nSPS) is 15.5. The highest BCUT2D eigenvalue weighted by molar-refractivity contribution is 7.90. The maximum atomic E-state index is 15.7. The van der Waals surface area contributed by atoms with Crippen LogP contribution in [0.2, 0.25) is 0 Å². The fourth-order valence-electron chi connectivity index (χ4n) is 3.60. The first-order valence-electron chi connectivity index (χ1n) is 10.7. The zero-order chi connectivity index (χ0) is 23.8. The number of nitrogens with two attached hydrogens (primary N) is 1. The van der Waals surface area contributed by atoms with Crippen LogP contribution in [0.25, 0.3) is 21.8 Å². The van der Waals surface area contributed by atoms with E-state index in [2.05, 4.69) is 14.7 Å². The largest absolute Gasteiger partial charge is 0.368 e. The third-order valence-electron chi connectivity index (χ3n) is 5.32. The lowest BCUT2D eigenvalue weighted by molar-refractivity contribution is 0.349. The Morgan fingerprint density at radius 3 is 2.52 bits per heavy atom. The number of nitrogens with one attached hydrogen (secondary N) is 1. The Labute approximate surface area is 197 Å². The number of nitrogen functional groups attached to an aromatic ring is 1. The molecule has 1 aliphatic rings. The van der Waals surface area contributed by atoms with Gasteiger partial charge in [0.15, 0.2) is 5.82 Å². The molecule has 1 aromatic carbocycles. The summed E-state index contributed by atoms with van der Waals surface area (Å²) in [6, 6.07) is 6.31. The van der Waals surface area contributed by atoms with Crippen molar-refractivity contribution in [2.75, 3.05) is 23.5 Å². The number of hydrogen-bond acceptors (Lipinski definition) is 7. The summed E-state index contributed by atoms with van der Waals surface area (Å²) in [5.41, 5.74) is 6.49. The number of halogens is 1. The summed E-state index contributed by atoms with van der Waals surface area (Å²) >= 11 is 1.40. The van der Waals surface area contributed by atoms with Gasteiger partial charge in [-0.05, 0) is 31.0 Å². The van der Waals surface area contributed by atoms with E-state index in [-0.39, 0.29) is 22.6 Å². The van der Waals surface area contributed by atoms with Gasteiger partial charge in [-0.3, -0.25) is 4.72 Å². The van der Waals surface area contributed by atoms with E-state index in [1.807, 2.05) is 20.8 Å². The third-order valence-corrected chi connectivity index (χ3v) is 8.35. The van der Waals surface area contributed by atoms with E-state index < -0.39 is 16.0 Å². The summed E-state index contributed by atoms with van der Waals surface area (Å²) in [6.45, 7) is 6.92. The SMILES string of the molecule is CC(C)(C)c1nc(-c2cccc(NS(=O)(=O)N3CCCCC3)c2F)c(-c2ccnc(N)n2)s1. The van der Waals surface area contributed by atoms with Gasteiger partial charge in [0.1, 0.15) is 0 Å². The lowest BCUT2D eigenvalue weighted by atomic mass is 9.98. The molecule has 1 saturated heterocycles. The maximum absolute atomic E-state index is 15.7. The molecule has 3 N–H and O–H groups in total. The summed E-state index contributed by atoms with van der Waals surface area (Å²) in [7, 11) is -3.86. The monoisotopic (exact) mass is 490 g/mol. The van der Waals surface area contributed by atoms with E-state index in [0.29, 0.717) is 29.4 Å². The number of thiazole rings is 1. The number of hydrogen-bond donors (Lipinski definition) is 2. The Morgan fingerprint density at radius 1 is 1.12 bits per heavy atom. The average Bonchev–Trinajstić information content (AvgIpc) is 3.22. The molecule has 0 atom stereocenters. The van der Waals surface area contributed by atoms with E-state index in [0.717, 1.165) is 24.3 Å². The first kappa shape index (κ1) is 23.5. The topological polar surface area (TPSA) is 114 Å². The van der Waals surface area contributed by atoms with Crippen molar-refractivity contribution in [2.45, 2.75) is 45.4 Å². The molecule has 33 heavy (non-hydrogen) atoms. The molecule has 0 aliphatic carbocycles. The van der Waals surface area contributed by atoms with Crippen molar-refractivity contribution >= 4 is 33.2 Å². The van der Waals surface area contributed by atoms with Crippen LogP contribution in [0.5, 0.6) is 0 Å². The number of piperidine rings is 1. The van der Waals surface area contributed by atoms with E-state index in [1.165, 1.54) is 27.9 Å². The van der Waals surface area contributed by atoms with Crippen molar-refractivity contribution in [3.8, 4) is 21.8 Å². The molecule has 0 unspecified atom stereocenters. The van der Waals surface area contributed by atoms with Crippen molar-refractivity contribution in [2.24, 2.45) is 0 Å². The molecule has 2 aromatic heterocycles. The molecule has 0 amide bonds. The van der Waals surface area contributed by atoms with Gasteiger partial charge in [-0.25, -0.2) is 19.3 Å². The van der Waals surface area contributed by atoms with Gasteiger partial charge in [-0.15, -0.1) is 11.3 Å². The van der Waals surface area contributed by atoms with E-state index >= 15 is 4.39 Å². The fraction of sp³-hybridized carbons (Fsp3) is 0.409. The minimum atomic E-state index is -3.86. The molecule has 1 aliphatic heterocycles. The van der Waals surface area contributed by atoms with Crippen LogP contribution < -0.4 is 10.5 Å². The van der Waals surface area contributed by atoms with Crippen LogP contribution in [0.1, 0.15) is 45.0 Å². The highest BCUT2D eigenvalue weighted by atomic mass is 32.2. The zero-order valence-electron chi connectivity index (χ0n) is 18.8. The first-order valence-corrected chi connectivity index (χ1v) is 13.0. The molecule has 11 heteroatoms. The second-order valence-electron chi connectivity index (χ2n) is 8.98. The number of benzene rings is 1. The quantitative estimate of drug-likeness (QED) is 0.547. The zero-order valence-corrected chi connectivity index (χ0v) is 20.4. The van der Waals surface area contributed by atoms with E-state index in [9.17, 15) is 8.42 Å². The third kappa shape index (κ3) is 4.99. The van der Waals surface area contributed by atoms with Crippen molar-refractivity contribution in [1.29, 1.82) is 0 Å². The summed E-state index contributed by atoms with van der Waals surface area (Å²) in [4.78, 5) is 13.6. The van der Waals surface area contributed by atoms with Crippen LogP contribution in [0.4, 0.5) is 16.0 Å². The number of anilines is 2. The smallest absolute Gasteiger partial charge is 0.301 e. The van der Waals surface area contributed by atoms with Crippen LogP contribution in [-0.2, 0) is 15.6 Å². The molecule has 0 saturated carbocycles. The summed E-state index contributed by atoms with van der Waals surface area (Å²) in [5.74, 6) is -0.584. The Balaban J connectivity index is 1.79. The van der Waals surface area contributed by atoms with Gasteiger partial charge in [0.25, 0.3) is 0 Å². The van der Waals surface area contributed by atoms with Crippen molar-refractivity contribution < 1.29 is 12.8 Å². The molecule has 176 valence electrons. The van der Waals surface area contributed by atoms with Crippen LogP contribution in [0.15, 0.2) is 30.5 Å².